The Balaban J connectivity index is 1.67. The summed E-state index contributed by atoms with van der Waals surface area (Å²) in [7, 11) is 0. The van der Waals surface area contributed by atoms with Crippen LogP contribution in [0, 0.1) is 5.82 Å². The molecule has 38 heavy (non-hydrogen) atoms. The van der Waals surface area contributed by atoms with Crippen LogP contribution >= 0.6 is 0 Å². The third-order valence-corrected chi connectivity index (χ3v) is 5.91. The van der Waals surface area contributed by atoms with Gasteiger partial charge >= 0.3 is 12.1 Å². The molecule has 4 rings (SSSR count). The van der Waals surface area contributed by atoms with Crippen LogP contribution < -0.4 is 5.32 Å². The Morgan fingerprint density at radius 2 is 1.61 bits per heavy atom. The maximum Gasteiger partial charge on any atom is 0.412 e. The first-order valence-corrected chi connectivity index (χ1v) is 11.8. The third-order valence-electron chi connectivity index (χ3n) is 5.91. The number of hydrogen-bond donors (Lipinski definition) is 2. The number of nitrogens with one attached hydrogen (secondary N) is 1. The molecule has 10 heteroatoms. The Morgan fingerprint density at radius 3 is 2.26 bits per heavy atom. The van der Waals surface area contributed by atoms with Gasteiger partial charge < -0.3 is 10.4 Å². The molecule has 0 aliphatic rings. The van der Waals surface area contributed by atoms with Crippen molar-refractivity contribution in [1.82, 2.24) is 15.3 Å². The van der Waals surface area contributed by atoms with Crippen molar-refractivity contribution in [2.45, 2.75) is 37.9 Å². The molecule has 0 saturated carbocycles. The second-order valence-corrected chi connectivity index (χ2v) is 8.69. The topological polar surface area (TPSA) is 92.2 Å². The van der Waals surface area contributed by atoms with E-state index in [1.54, 1.807) is 18.2 Å². The van der Waals surface area contributed by atoms with Gasteiger partial charge in [-0.15, -0.1) is 0 Å². The Hall–Kier alpha value is -4.34. The van der Waals surface area contributed by atoms with E-state index >= 15 is 0 Å². The molecule has 0 saturated heterocycles. The largest absolute Gasteiger partial charge is 0.481 e. The van der Waals surface area contributed by atoms with Crippen LogP contribution in [0.2, 0.25) is 0 Å². The van der Waals surface area contributed by atoms with Gasteiger partial charge in [0.1, 0.15) is 5.82 Å². The number of aromatic nitrogens is 2. The van der Waals surface area contributed by atoms with Crippen molar-refractivity contribution >= 4 is 22.9 Å². The fourth-order valence-electron chi connectivity index (χ4n) is 4.03. The molecular formula is C28H23F4N3O3. The molecule has 196 valence electrons. The minimum Gasteiger partial charge on any atom is -0.481 e. The van der Waals surface area contributed by atoms with Crippen LogP contribution in [0.1, 0.15) is 46.9 Å². The van der Waals surface area contributed by atoms with Gasteiger partial charge in [-0.2, -0.15) is 13.2 Å². The number of carbonyl (C=O) groups excluding carboxylic acids is 1. The van der Waals surface area contributed by atoms with E-state index in [2.05, 4.69) is 15.3 Å². The highest BCUT2D eigenvalue weighted by atomic mass is 19.4. The van der Waals surface area contributed by atoms with Crippen LogP contribution in [0.25, 0.3) is 22.3 Å². The lowest BCUT2D eigenvalue weighted by Gasteiger charge is -2.22. The third kappa shape index (κ3) is 6.50. The van der Waals surface area contributed by atoms with Gasteiger partial charge in [0.15, 0.2) is 6.04 Å². The average molecular weight is 526 g/mol. The predicted molar refractivity (Wildman–Crippen MR) is 133 cm³/mol. The molecule has 0 aliphatic carbocycles. The molecular weight excluding hydrogens is 502 g/mol. The predicted octanol–water partition coefficient (Wildman–Crippen LogP) is 6.27. The van der Waals surface area contributed by atoms with Gasteiger partial charge in [-0.3, -0.25) is 9.59 Å². The number of nitrogens with zero attached hydrogens (tertiary/aromatic N) is 2. The van der Waals surface area contributed by atoms with Crippen molar-refractivity contribution in [2.75, 3.05) is 0 Å². The van der Waals surface area contributed by atoms with Crippen LogP contribution in [0.4, 0.5) is 17.6 Å². The lowest BCUT2D eigenvalue weighted by molar-refractivity contribution is -0.155. The van der Waals surface area contributed by atoms with E-state index in [0.29, 0.717) is 47.2 Å². The highest BCUT2D eigenvalue weighted by Crippen LogP contribution is 2.33. The zero-order valence-electron chi connectivity index (χ0n) is 20.0. The fourth-order valence-corrected chi connectivity index (χ4v) is 4.03. The van der Waals surface area contributed by atoms with Gasteiger partial charge in [0, 0.05) is 17.5 Å². The smallest absolute Gasteiger partial charge is 0.412 e. The Kier molecular flexibility index (Phi) is 7.99. The first kappa shape index (κ1) is 26.7. The lowest BCUT2D eigenvalue weighted by atomic mass is 10.0. The van der Waals surface area contributed by atoms with Crippen molar-refractivity contribution in [3.05, 3.63) is 95.4 Å². The number of benzene rings is 3. The highest BCUT2D eigenvalue weighted by Gasteiger charge is 2.42. The Morgan fingerprint density at radius 1 is 0.895 bits per heavy atom. The second kappa shape index (κ2) is 11.4. The minimum atomic E-state index is -4.71. The van der Waals surface area contributed by atoms with Gasteiger partial charge in [-0.25, -0.2) is 14.4 Å². The lowest BCUT2D eigenvalue weighted by Crippen LogP contribution is -2.38. The summed E-state index contributed by atoms with van der Waals surface area (Å²) in [5.74, 6) is -2.27. The summed E-state index contributed by atoms with van der Waals surface area (Å²) in [5.41, 5.74) is 2.15. The molecule has 0 fully saturated rings. The number of amides is 1. The highest BCUT2D eigenvalue weighted by molar-refractivity contribution is 5.97. The number of fused-ring (bicyclic) bond motifs is 1. The molecule has 0 radical (unpaired) electrons. The first-order chi connectivity index (χ1) is 18.1. The van der Waals surface area contributed by atoms with E-state index in [1.807, 2.05) is 0 Å². The van der Waals surface area contributed by atoms with Gasteiger partial charge in [-0.1, -0.05) is 30.3 Å². The SMILES string of the molecule is O=C(O)CCCCc1nc2cc(C(=O)N[C@@H](c3ccccc3)C(F)(F)F)ccc2nc1-c1ccc(F)cc1. The second-order valence-electron chi connectivity index (χ2n) is 8.69. The van der Waals surface area contributed by atoms with Gasteiger partial charge in [0.25, 0.3) is 5.91 Å². The van der Waals surface area contributed by atoms with Crippen LogP contribution in [0.5, 0.6) is 0 Å². The summed E-state index contributed by atoms with van der Waals surface area (Å²) in [6.07, 6.45) is -3.47. The molecule has 6 nitrogen and oxygen atoms in total. The average Bonchev–Trinajstić information content (AvgIpc) is 2.89. The van der Waals surface area contributed by atoms with E-state index in [-0.39, 0.29) is 17.5 Å². The molecule has 1 amide bonds. The monoisotopic (exact) mass is 525 g/mol. The number of carboxylic acids is 1. The van der Waals surface area contributed by atoms with Crippen LogP contribution in [-0.2, 0) is 11.2 Å². The molecule has 1 atom stereocenters. The zero-order valence-corrected chi connectivity index (χ0v) is 20.0. The minimum absolute atomic E-state index is 0.0149. The van der Waals surface area contributed by atoms with Crippen LogP contribution in [0.15, 0.2) is 72.8 Å². The fraction of sp³-hybridized carbons (Fsp3) is 0.214. The molecule has 1 aromatic heterocycles. The summed E-state index contributed by atoms with van der Waals surface area (Å²) in [6.45, 7) is 0. The van der Waals surface area contributed by atoms with E-state index < -0.39 is 29.9 Å². The number of halogens is 4. The normalized spacial score (nSPS) is 12.3. The van der Waals surface area contributed by atoms with E-state index in [0.717, 1.165) is 0 Å². The molecule has 0 aliphatic heterocycles. The number of carboxylic acid groups (broad SMARTS) is 1. The standard InChI is InChI=1S/C28H23F4N3O3/c29-20-13-10-17(11-14-20)25-22(8-4-5-9-24(36)37)33-23-16-19(12-15-21(23)34-25)27(38)35-26(28(30,31)32)18-6-2-1-3-7-18/h1-3,6-7,10-16,26H,4-5,8-9H2,(H,35,38)(H,36,37)/t26-/m0/s1. The quantitative estimate of drug-likeness (QED) is 0.199. The van der Waals surface area contributed by atoms with Crippen molar-refractivity contribution in [2.24, 2.45) is 0 Å². The molecule has 0 spiro atoms. The molecule has 0 unspecified atom stereocenters. The molecule has 3 aromatic carbocycles. The maximum absolute atomic E-state index is 13.7. The van der Waals surface area contributed by atoms with Gasteiger partial charge in [0.2, 0.25) is 0 Å². The number of aryl methyl sites for hydroxylation is 1. The van der Waals surface area contributed by atoms with Crippen molar-refractivity contribution < 1.29 is 32.3 Å². The summed E-state index contributed by atoms with van der Waals surface area (Å²) in [5, 5.41) is 11.0. The number of alkyl halides is 3. The number of aliphatic carboxylic acids is 1. The molecule has 2 N–H and O–H groups in total. The van der Waals surface area contributed by atoms with Crippen molar-refractivity contribution in [3.63, 3.8) is 0 Å². The molecule has 4 aromatic rings. The number of carbonyl (C=O) groups is 2. The summed E-state index contributed by atoms with van der Waals surface area (Å²) in [6, 6.07) is 14.8. The maximum atomic E-state index is 13.7. The number of rotatable bonds is 9. The van der Waals surface area contributed by atoms with E-state index in [1.165, 1.54) is 54.6 Å². The van der Waals surface area contributed by atoms with E-state index in [4.69, 9.17) is 5.11 Å². The van der Waals surface area contributed by atoms with E-state index in [9.17, 15) is 27.2 Å². The zero-order chi connectivity index (χ0) is 27.3. The van der Waals surface area contributed by atoms with Gasteiger partial charge in [0.05, 0.1) is 22.4 Å². The first-order valence-electron chi connectivity index (χ1n) is 11.8. The summed E-state index contributed by atoms with van der Waals surface area (Å²) < 4.78 is 54.6. The van der Waals surface area contributed by atoms with Crippen LogP contribution in [0.3, 0.4) is 0 Å². The number of unbranched alkanes of at least 4 members (excludes halogenated alkanes) is 1. The summed E-state index contributed by atoms with van der Waals surface area (Å²) in [4.78, 5) is 33.0. The molecule has 0 bridgehead atoms. The molecule has 1 heterocycles. The van der Waals surface area contributed by atoms with Crippen LogP contribution in [-0.4, -0.2) is 33.1 Å². The Bertz CT molecular complexity index is 1440. The van der Waals surface area contributed by atoms with Crippen molar-refractivity contribution in [3.8, 4) is 11.3 Å². The van der Waals surface area contributed by atoms with Gasteiger partial charge in [-0.05, 0) is 67.3 Å². The Labute approximate surface area is 215 Å². The van der Waals surface area contributed by atoms with Crippen molar-refractivity contribution in [1.29, 1.82) is 0 Å². The summed E-state index contributed by atoms with van der Waals surface area (Å²) >= 11 is 0. The number of hydrogen-bond acceptors (Lipinski definition) is 4.